The molecular weight excluding hydrogens is 363 g/mol. The molecule has 1 N–H and O–H groups in total. The van der Waals surface area contributed by atoms with E-state index in [9.17, 15) is 14.0 Å². The molecule has 1 aromatic heterocycles. The lowest BCUT2D eigenvalue weighted by Gasteiger charge is -2.11. The Bertz CT molecular complexity index is 1070. The van der Waals surface area contributed by atoms with E-state index in [2.05, 4.69) is 10.3 Å². The Labute approximate surface area is 161 Å². The summed E-state index contributed by atoms with van der Waals surface area (Å²) in [4.78, 5) is 28.8. The highest BCUT2D eigenvalue weighted by molar-refractivity contribution is 5.98. The van der Waals surface area contributed by atoms with Crippen molar-refractivity contribution in [3.05, 3.63) is 70.7 Å². The van der Waals surface area contributed by atoms with Crippen LogP contribution >= 0.6 is 0 Å². The van der Waals surface area contributed by atoms with Crippen LogP contribution in [0.1, 0.15) is 32.0 Å². The van der Waals surface area contributed by atoms with Gasteiger partial charge in [-0.25, -0.2) is 9.18 Å². The number of halogens is 1. The van der Waals surface area contributed by atoms with Gasteiger partial charge in [0.25, 0.3) is 5.91 Å². The molecule has 1 heterocycles. The molecule has 7 heteroatoms. The normalized spacial score (nSPS) is 10.6. The first kappa shape index (κ1) is 19.3. The van der Waals surface area contributed by atoms with Crippen molar-refractivity contribution < 1.29 is 23.5 Å². The van der Waals surface area contributed by atoms with Gasteiger partial charge in [0.2, 0.25) is 0 Å². The first-order chi connectivity index (χ1) is 13.4. The molecule has 0 spiro atoms. The third kappa shape index (κ3) is 3.93. The van der Waals surface area contributed by atoms with Crippen LogP contribution in [0.15, 0.2) is 42.5 Å². The number of benzene rings is 2. The first-order valence-electron chi connectivity index (χ1n) is 8.53. The summed E-state index contributed by atoms with van der Waals surface area (Å²) < 4.78 is 23.3. The summed E-state index contributed by atoms with van der Waals surface area (Å²) in [6, 6.07) is 10.9. The molecule has 0 atom stereocenters. The van der Waals surface area contributed by atoms with Gasteiger partial charge in [-0.2, -0.15) is 0 Å². The molecule has 0 aliphatic rings. The standard InChI is InChI=1S/C21H19FN2O4/c1-12-16(9-14-5-6-15(22)10-18(14)24-12)20(25)23-11-13-4-7-19(27-2)17(8-13)21(26)28-3/h4-10H,11H2,1-3H3,(H,23,25). The molecule has 1 amide bonds. The third-order valence-corrected chi connectivity index (χ3v) is 4.34. The number of rotatable bonds is 5. The first-order valence-corrected chi connectivity index (χ1v) is 8.53. The van der Waals surface area contributed by atoms with Crippen LogP contribution in [0.5, 0.6) is 5.75 Å². The zero-order valence-corrected chi connectivity index (χ0v) is 15.7. The molecule has 0 saturated carbocycles. The van der Waals surface area contributed by atoms with Gasteiger partial charge < -0.3 is 14.8 Å². The van der Waals surface area contributed by atoms with Crippen molar-refractivity contribution >= 4 is 22.8 Å². The van der Waals surface area contributed by atoms with Gasteiger partial charge in [-0.15, -0.1) is 0 Å². The molecule has 0 saturated heterocycles. The number of fused-ring (bicyclic) bond motifs is 1. The van der Waals surface area contributed by atoms with Crippen LogP contribution in [0.2, 0.25) is 0 Å². The van der Waals surface area contributed by atoms with Crippen LogP contribution in [0.25, 0.3) is 10.9 Å². The number of ether oxygens (including phenoxy) is 2. The molecule has 144 valence electrons. The number of hydrogen-bond acceptors (Lipinski definition) is 5. The third-order valence-electron chi connectivity index (χ3n) is 4.34. The summed E-state index contributed by atoms with van der Waals surface area (Å²) in [5.41, 5.74) is 2.39. The Kier molecular flexibility index (Phi) is 5.54. The van der Waals surface area contributed by atoms with Crippen molar-refractivity contribution in [1.29, 1.82) is 0 Å². The SMILES string of the molecule is COC(=O)c1cc(CNC(=O)c2cc3ccc(F)cc3nc2C)ccc1OC. The molecule has 0 aliphatic heterocycles. The van der Waals surface area contributed by atoms with Gasteiger partial charge in [-0.05, 0) is 42.8 Å². The highest BCUT2D eigenvalue weighted by atomic mass is 19.1. The minimum Gasteiger partial charge on any atom is -0.496 e. The van der Waals surface area contributed by atoms with Crippen LogP contribution < -0.4 is 10.1 Å². The molecule has 3 aromatic rings. The lowest BCUT2D eigenvalue weighted by atomic mass is 10.1. The molecular formula is C21H19FN2O4. The van der Waals surface area contributed by atoms with Gasteiger partial charge in [0.1, 0.15) is 17.1 Å². The lowest BCUT2D eigenvalue weighted by molar-refractivity contribution is 0.0597. The van der Waals surface area contributed by atoms with Crippen molar-refractivity contribution in [2.24, 2.45) is 0 Å². The molecule has 0 fully saturated rings. The maximum absolute atomic E-state index is 13.3. The predicted molar refractivity (Wildman–Crippen MR) is 102 cm³/mol. The van der Waals surface area contributed by atoms with Crippen LogP contribution in [-0.2, 0) is 11.3 Å². The molecule has 0 aliphatic carbocycles. The van der Waals surface area contributed by atoms with E-state index in [-0.39, 0.29) is 23.8 Å². The van der Waals surface area contributed by atoms with Gasteiger partial charge in [0.05, 0.1) is 31.0 Å². The smallest absolute Gasteiger partial charge is 0.341 e. The van der Waals surface area contributed by atoms with Crippen LogP contribution in [0, 0.1) is 12.7 Å². The number of pyridine rings is 1. The molecule has 28 heavy (non-hydrogen) atoms. The number of aromatic nitrogens is 1. The van der Waals surface area contributed by atoms with Crippen LogP contribution in [0.3, 0.4) is 0 Å². The minimum atomic E-state index is -0.521. The number of carbonyl (C=O) groups excluding carboxylic acids is 2. The number of nitrogens with zero attached hydrogens (tertiary/aromatic N) is 1. The molecule has 6 nitrogen and oxygen atoms in total. The van der Waals surface area contributed by atoms with E-state index in [1.54, 1.807) is 37.3 Å². The van der Waals surface area contributed by atoms with E-state index in [4.69, 9.17) is 9.47 Å². The number of amides is 1. The number of esters is 1. The van der Waals surface area contributed by atoms with Crippen LogP contribution in [-0.4, -0.2) is 31.1 Å². The zero-order chi connectivity index (χ0) is 20.3. The summed E-state index contributed by atoms with van der Waals surface area (Å²) in [7, 11) is 2.75. The summed E-state index contributed by atoms with van der Waals surface area (Å²) in [6.45, 7) is 1.90. The highest BCUT2D eigenvalue weighted by Crippen LogP contribution is 2.21. The Hall–Kier alpha value is -3.48. The van der Waals surface area contributed by atoms with Crippen molar-refractivity contribution in [3.8, 4) is 5.75 Å². The van der Waals surface area contributed by atoms with E-state index in [0.29, 0.717) is 33.5 Å². The fourth-order valence-corrected chi connectivity index (χ4v) is 2.88. The van der Waals surface area contributed by atoms with E-state index >= 15 is 0 Å². The zero-order valence-electron chi connectivity index (χ0n) is 15.7. The largest absolute Gasteiger partial charge is 0.496 e. The Morgan fingerprint density at radius 1 is 1.07 bits per heavy atom. The fraction of sp³-hybridized carbons (Fsp3) is 0.190. The topological polar surface area (TPSA) is 77.5 Å². The highest BCUT2D eigenvalue weighted by Gasteiger charge is 2.15. The number of carbonyl (C=O) groups is 2. The molecule has 0 radical (unpaired) electrons. The van der Waals surface area contributed by atoms with Crippen molar-refractivity contribution in [1.82, 2.24) is 10.3 Å². The second-order valence-corrected chi connectivity index (χ2v) is 6.17. The van der Waals surface area contributed by atoms with E-state index in [0.717, 1.165) is 0 Å². The average Bonchev–Trinajstić information content (AvgIpc) is 2.70. The summed E-state index contributed by atoms with van der Waals surface area (Å²) in [6.07, 6.45) is 0. The Morgan fingerprint density at radius 3 is 2.57 bits per heavy atom. The van der Waals surface area contributed by atoms with E-state index in [1.807, 2.05) is 0 Å². The maximum atomic E-state index is 13.3. The molecule has 0 unspecified atom stereocenters. The van der Waals surface area contributed by atoms with Crippen molar-refractivity contribution in [2.45, 2.75) is 13.5 Å². The predicted octanol–water partition coefficient (Wildman–Crippen LogP) is 3.41. The number of aryl methyl sites for hydroxylation is 1. The molecule has 2 aromatic carbocycles. The lowest BCUT2D eigenvalue weighted by Crippen LogP contribution is -2.24. The van der Waals surface area contributed by atoms with Gasteiger partial charge >= 0.3 is 5.97 Å². The van der Waals surface area contributed by atoms with E-state index in [1.165, 1.54) is 26.4 Å². The van der Waals surface area contributed by atoms with Gasteiger partial charge in [0.15, 0.2) is 0 Å². The Morgan fingerprint density at radius 2 is 1.86 bits per heavy atom. The van der Waals surface area contributed by atoms with Crippen molar-refractivity contribution in [3.63, 3.8) is 0 Å². The summed E-state index contributed by atoms with van der Waals surface area (Å²) in [5, 5.41) is 3.48. The number of methoxy groups -OCH3 is 2. The average molecular weight is 382 g/mol. The fourth-order valence-electron chi connectivity index (χ4n) is 2.88. The van der Waals surface area contributed by atoms with E-state index < -0.39 is 5.97 Å². The number of hydrogen-bond donors (Lipinski definition) is 1. The second-order valence-electron chi connectivity index (χ2n) is 6.17. The summed E-state index contributed by atoms with van der Waals surface area (Å²) >= 11 is 0. The van der Waals surface area contributed by atoms with Gasteiger partial charge in [0, 0.05) is 18.0 Å². The van der Waals surface area contributed by atoms with Crippen molar-refractivity contribution in [2.75, 3.05) is 14.2 Å². The molecule has 3 rings (SSSR count). The number of nitrogens with one attached hydrogen (secondary N) is 1. The monoisotopic (exact) mass is 382 g/mol. The second kappa shape index (κ2) is 8.04. The van der Waals surface area contributed by atoms with Gasteiger partial charge in [-0.3, -0.25) is 9.78 Å². The Balaban J connectivity index is 1.80. The quantitative estimate of drug-likeness (QED) is 0.685. The van der Waals surface area contributed by atoms with Crippen LogP contribution in [0.4, 0.5) is 4.39 Å². The molecule has 0 bridgehead atoms. The maximum Gasteiger partial charge on any atom is 0.341 e. The van der Waals surface area contributed by atoms with Gasteiger partial charge in [-0.1, -0.05) is 6.07 Å². The minimum absolute atomic E-state index is 0.202. The summed E-state index contributed by atoms with van der Waals surface area (Å²) in [5.74, 6) is -0.820.